The van der Waals surface area contributed by atoms with E-state index in [1.807, 2.05) is 0 Å². The fourth-order valence-electron chi connectivity index (χ4n) is 6.86. The highest BCUT2D eigenvalue weighted by molar-refractivity contribution is 5.81. The van der Waals surface area contributed by atoms with Crippen LogP contribution in [-0.2, 0) is 28.7 Å². The fraction of sp³-hybridized carbons (Fsp3) is 0.812. The minimum absolute atomic E-state index is 0.134. The molecule has 2 rings (SSSR count). The second-order valence-corrected chi connectivity index (χ2v) is 14.0. The highest BCUT2D eigenvalue weighted by Gasteiger charge is 2.48. The lowest BCUT2D eigenvalue weighted by Gasteiger charge is -2.53. The number of hydroxylamine groups is 4. The van der Waals surface area contributed by atoms with Crippen molar-refractivity contribution in [3.63, 3.8) is 0 Å². The van der Waals surface area contributed by atoms with Crippen molar-refractivity contribution in [3.8, 4) is 0 Å². The summed E-state index contributed by atoms with van der Waals surface area (Å²) < 4.78 is 11.1. The predicted octanol–water partition coefficient (Wildman–Crippen LogP) is 6.69. The molecule has 40 heavy (non-hydrogen) atoms. The van der Waals surface area contributed by atoms with Gasteiger partial charge in [-0.15, -0.1) is 0 Å². The molecule has 0 aromatic rings. The molecule has 0 atom stereocenters. The summed E-state index contributed by atoms with van der Waals surface area (Å²) in [5.74, 6) is -0.725. The van der Waals surface area contributed by atoms with E-state index in [-0.39, 0.29) is 46.3 Å². The Bertz CT molecular complexity index is 759. The maximum absolute atomic E-state index is 11.7. The third kappa shape index (κ3) is 9.97. The van der Waals surface area contributed by atoms with Crippen LogP contribution in [0.4, 0.5) is 0 Å². The molecule has 8 heteroatoms. The molecule has 0 bridgehead atoms. The predicted molar refractivity (Wildman–Crippen MR) is 158 cm³/mol. The van der Waals surface area contributed by atoms with Gasteiger partial charge in [0.1, 0.15) is 12.2 Å². The van der Waals surface area contributed by atoms with Gasteiger partial charge >= 0.3 is 11.9 Å². The number of carbonyl (C=O) groups excluding carboxylic acids is 2. The van der Waals surface area contributed by atoms with Gasteiger partial charge in [0.15, 0.2) is 0 Å². The van der Waals surface area contributed by atoms with Crippen molar-refractivity contribution in [2.24, 2.45) is 0 Å². The summed E-state index contributed by atoms with van der Waals surface area (Å²) in [7, 11) is 0. The van der Waals surface area contributed by atoms with E-state index in [9.17, 15) is 9.59 Å². The Morgan fingerprint density at radius 1 is 0.600 bits per heavy atom. The first-order valence-corrected chi connectivity index (χ1v) is 15.1. The maximum Gasteiger partial charge on any atom is 0.330 e. The first kappa shape index (κ1) is 34.5. The molecule has 0 N–H and O–H groups in total. The molecule has 2 saturated heterocycles. The standard InChI is InChI=1S/C32H56N2O6/c1-11-27(35)39-25-21-29(3,4)33(30(5,6)22-25)37-19-17-15-13-14-16-18-20-38-34-31(7,8)23-26(24-32(34,9)10)40-28(36)12-2/h11-12,25-26H,1-2,13-24H2,3-10H3. The van der Waals surface area contributed by atoms with Crippen LogP contribution in [0, 0.1) is 0 Å². The smallest absolute Gasteiger partial charge is 0.330 e. The van der Waals surface area contributed by atoms with Crippen molar-refractivity contribution in [2.75, 3.05) is 13.2 Å². The van der Waals surface area contributed by atoms with E-state index in [0.717, 1.165) is 51.4 Å². The molecule has 2 aliphatic rings. The molecular formula is C32H56N2O6. The van der Waals surface area contributed by atoms with E-state index < -0.39 is 0 Å². The van der Waals surface area contributed by atoms with E-state index in [4.69, 9.17) is 19.1 Å². The molecule has 2 fully saturated rings. The summed E-state index contributed by atoms with van der Waals surface area (Å²) in [4.78, 5) is 36.0. The Hall–Kier alpha value is -1.74. The van der Waals surface area contributed by atoms with E-state index in [1.165, 1.54) is 25.0 Å². The molecule has 2 aliphatic heterocycles. The van der Waals surface area contributed by atoms with E-state index in [2.05, 4.69) is 78.7 Å². The minimum atomic E-state index is -0.362. The number of piperidine rings is 2. The molecule has 0 unspecified atom stereocenters. The highest BCUT2D eigenvalue weighted by Crippen LogP contribution is 2.41. The molecule has 0 aliphatic carbocycles. The summed E-state index contributed by atoms with van der Waals surface area (Å²) in [6, 6.07) is 0. The second-order valence-electron chi connectivity index (χ2n) is 14.0. The quantitative estimate of drug-likeness (QED) is 0.124. The zero-order valence-electron chi connectivity index (χ0n) is 26.6. The van der Waals surface area contributed by atoms with Crippen LogP contribution in [0.15, 0.2) is 25.3 Å². The maximum atomic E-state index is 11.7. The average molecular weight is 565 g/mol. The molecule has 0 aromatic carbocycles. The Balaban J connectivity index is 1.64. The van der Waals surface area contributed by atoms with E-state index in [1.54, 1.807) is 0 Å². The third-order valence-corrected chi connectivity index (χ3v) is 7.99. The summed E-state index contributed by atoms with van der Waals surface area (Å²) in [6.07, 6.45) is 11.7. The van der Waals surface area contributed by atoms with E-state index >= 15 is 0 Å². The lowest BCUT2D eigenvalue weighted by Crippen LogP contribution is -2.62. The zero-order valence-corrected chi connectivity index (χ0v) is 26.6. The number of carbonyl (C=O) groups is 2. The number of rotatable bonds is 15. The molecule has 0 aromatic heterocycles. The summed E-state index contributed by atoms with van der Waals surface area (Å²) in [5.41, 5.74) is -0.935. The lowest BCUT2D eigenvalue weighted by molar-refractivity contribution is -0.293. The average Bonchev–Trinajstić information content (AvgIpc) is 2.81. The van der Waals surface area contributed by atoms with E-state index in [0.29, 0.717) is 13.2 Å². The number of esters is 2. The first-order valence-electron chi connectivity index (χ1n) is 15.1. The normalized spacial score (nSPS) is 22.9. The van der Waals surface area contributed by atoms with Gasteiger partial charge in [-0.1, -0.05) is 38.8 Å². The second kappa shape index (κ2) is 14.4. The summed E-state index contributed by atoms with van der Waals surface area (Å²) >= 11 is 0. The highest BCUT2D eigenvalue weighted by atomic mass is 16.7. The Kier molecular flexibility index (Phi) is 12.4. The van der Waals surface area contributed by atoms with Crippen LogP contribution in [0.3, 0.4) is 0 Å². The zero-order chi connectivity index (χ0) is 30.2. The van der Waals surface area contributed by atoms with Crippen molar-refractivity contribution >= 4 is 11.9 Å². The van der Waals surface area contributed by atoms with Crippen LogP contribution >= 0.6 is 0 Å². The van der Waals surface area contributed by atoms with Crippen LogP contribution in [0.1, 0.15) is 120 Å². The largest absolute Gasteiger partial charge is 0.459 e. The number of nitrogens with zero attached hydrogens (tertiary/aromatic N) is 2. The molecule has 2 heterocycles. The molecule has 0 spiro atoms. The van der Waals surface area contributed by atoms with Gasteiger partial charge in [0.05, 0.1) is 13.2 Å². The Labute approximate surface area is 243 Å². The van der Waals surface area contributed by atoms with Crippen molar-refractivity contribution in [2.45, 2.75) is 154 Å². The van der Waals surface area contributed by atoms with Gasteiger partial charge in [-0.2, -0.15) is 10.1 Å². The molecule has 0 saturated carbocycles. The number of hydrogen-bond acceptors (Lipinski definition) is 8. The van der Waals surface area contributed by atoms with Crippen LogP contribution in [0.25, 0.3) is 0 Å². The third-order valence-electron chi connectivity index (χ3n) is 7.99. The Morgan fingerprint density at radius 2 is 0.875 bits per heavy atom. The summed E-state index contributed by atoms with van der Waals surface area (Å²) in [6.45, 7) is 25.6. The molecule has 230 valence electrons. The first-order chi connectivity index (χ1) is 18.5. The van der Waals surface area contributed by atoms with Gasteiger partial charge in [0, 0.05) is 60.0 Å². The van der Waals surface area contributed by atoms with Crippen LogP contribution in [0.5, 0.6) is 0 Å². The monoisotopic (exact) mass is 564 g/mol. The van der Waals surface area contributed by atoms with Crippen LogP contribution < -0.4 is 0 Å². The van der Waals surface area contributed by atoms with Gasteiger partial charge in [0.25, 0.3) is 0 Å². The van der Waals surface area contributed by atoms with Gasteiger partial charge in [0.2, 0.25) is 0 Å². The SMILES string of the molecule is C=CC(=O)OC1CC(C)(C)N(OCCCCCCCCON2C(C)(C)CC(OC(=O)C=C)CC2(C)C)C(C)(C)C1. The van der Waals surface area contributed by atoms with Gasteiger partial charge in [-0.25, -0.2) is 9.59 Å². The van der Waals surface area contributed by atoms with Gasteiger partial charge in [-0.3, -0.25) is 9.68 Å². The molecule has 8 nitrogen and oxygen atoms in total. The fourth-order valence-corrected chi connectivity index (χ4v) is 6.86. The van der Waals surface area contributed by atoms with Gasteiger partial charge < -0.3 is 9.47 Å². The molecular weight excluding hydrogens is 508 g/mol. The van der Waals surface area contributed by atoms with Crippen molar-refractivity contribution < 1.29 is 28.7 Å². The van der Waals surface area contributed by atoms with Crippen molar-refractivity contribution in [3.05, 3.63) is 25.3 Å². The van der Waals surface area contributed by atoms with Crippen LogP contribution in [-0.4, -0.2) is 69.6 Å². The number of unbranched alkanes of at least 4 members (excludes halogenated alkanes) is 5. The summed E-state index contributed by atoms with van der Waals surface area (Å²) in [5, 5.41) is 4.23. The van der Waals surface area contributed by atoms with Gasteiger partial charge in [-0.05, 0) is 68.2 Å². The number of hydrogen-bond donors (Lipinski definition) is 0. The number of ether oxygens (including phenoxy) is 2. The molecule has 0 radical (unpaired) electrons. The van der Waals surface area contributed by atoms with Crippen LogP contribution in [0.2, 0.25) is 0 Å². The molecule has 0 amide bonds. The topological polar surface area (TPSA) is 77.5 Å². The lowest BCUT2D eigenvalue weighted by atomic mass is 9.80. The Morgan fingerprint density at radius 3 is 1.15 bits per heavy atom. The van der Waals surface area contributed by atoms with Crippen molar-refractivity contribution in [1.29, 1.82) is 0 Å². The minimum Gasteiger partial charge on any atom is -0.459 e. The van der Waals surface area contributed by atoms with Crippen molar-refractivity contribution in [1.82, 2.24) is 10.1 Å².